The summed E-state index contributed by atoms with van der Waals surface area (Å²) in [6.07, 6.45) is -0.146. The molecule has 2 rings (SSSR count). The van der Waals surface area contributed by atoms with Crippen molar-refractivity contribution in [3.05, 3.63) is 28.8 Å². The molecule has 1 saturated heterocycles. The number of halogens is 1. The standard InChI is InChI=1S/C15H21ClN2O3/c1-11-2-3-13(16)14(8-11)21-10-12(19)9-18-6-4-15(20)17-5-7-18/h2-3,8,12,19H,4-7,9-10H2,1H3,(H,17,20)/t12-/m0/s1. The van der Waals surface area contributed by atoms with Crippen molar-refractivity contribution in [1.82, 2.24) is 10.2 Å². The Kier molecular flexibility index (Phi) is 5.85. The van der Waals surface area contributed by atoms with E-state index in [1.807, 2.05) is 19.1 Å². The lowest BCUT2D eigenvalue weighted by molar-refractivity contribution is -0.120. The average Bonchev–Trinajstić information content (AvgIpc) is 2.65. The van der Waals surface area contributed by atoms with E-state index < -0.39 is 6.10 Å². The highest BCUT2D eigenvalue weighted by Crippen LogP contribution is 2.25. The maximum absolute atomic E-state index is 11.3. The molecule has 0 aromatic heterocycles. The van der Waals surface area contributed by atoms with Crippen LogP contribution in [0.1, 0.15) is 12.0 Å². The second-order valence-electron chi connectivity index (χ2n) is 5.30. The number of rotatable bonds is 5. The summed E-state index contributed by atoms with van der Waals surface area (Å²) in [7, 11) is 0. The van der Waals surface area contributed by atoms with E-state index in [-0.39, 0.29) is 12.5 Å². The summed E-state index contributed by atoms with van der Waals surface area (Å²) < 4.78 is 5.58. The first-order valence-electron chi connectivity index (χ1n) is 7.10. The largest absolute Gasteiger partial charge is 0.489 e. The topological polar surface area (TPSA) is 61.8 Å². The Balaban J connectivity index is 1.80. The van der Waals surface area contributed by atoms with Gasteiger partial charge in [-0.15, -0.1) is 0 Å². The predicted molar refractivity (Wildman–Crippen MR) is 81.8 cm³/mol. The van der Waals surface area contributed by atoms with Crippen LogP contribution in [0.3, 0.4) is 0 Å². The van der Waals surface area contributed by atoms with E-state index in [1.165, 1.54) is 0 Å². The van der Waals surface area contributed by atoms with Crippen LogP contribution in [-0.4, -0.2) is 54.8 Å². The third-order valence-corrected chi connectivity index (χ3v) is 3.70. The quantitative estimate of drug-likeness (QED) is 0.858. The summed E-state index contributed by atoms with van der Waals surface area (Å²) >= 11 is 6.05. The van der Waals surface area contributed by atoms with Gasteiger partial charge in [-0.1, -0.05) is 17.7 Å². The van der Waals surface area contributed by atoms with Gasteiger partial charge in [-0.25, -0.2) is 0 Å². The number of benzene rings is 1. The average molecular weight is 313 g/mol. The van der Waals surface area contributed by atoms with Crippen molar-refractivity contribution in [2.45, 2.75) is 19.4 Å². The Morgan fingerprint density at radius 2 is 2.29 bits per heavy atom. The van der Waals surface area contributed by atoms with E-state index in [0.29, 0.717) is 36.8 Å². The number of amides is 1. The van der Waals surface area contributed by atoms with E-state index in [2.05, 4.69) is 10.2 Å². The minimum Gasteiger partial charge on any atom is -0.489 e. The molecule has 1 fully saturated rings. The van der Waals surface area contributed by atoms with Crippen LogP contribution < -0.4 is 10.1 Å². The molecule has 0 saturated carbocycles. The molecule has 0 aliphatic carbocycles. The SMILES string of the molecule is Cc1ccc(Cl)c(OC[C@@H](O)CN2CCNC(=O)CC2)c1. The van der Waals surface area contributed by atoms with Crippen molar-refractivity contribution < 1.29 is 14.6 Å². The normalized spacial score (nSPS) is 18.0. The minimum absolute atomic E-state index is 0.0646. The molecule has 0 bridgehead atoms. The van der Waals surface area contributed by atoms with Crippen molar-refractivity contribution >= 4 is 17.5 Å². The summed E-state index contributed by atoms with van der Waals surface area (Å²) in [6, 6.07) is 5.54. The number of ether oxygens (including phenoxy) is 1. The fraction of sp³-hybridized carbons (Fsp3) is 0.533. The summed E-state index contributed by atoms with van der Waals surface area (Å²) in [5, 5.41) is 13.4. The first-order chi connectivity index (χ1) is 10.0. The van der Waals surface area contributed by atoms with Gasteiger partial charge < -0.3 is 15.2 Å². The predicted octanol–water partition coefficient (Wildman–Crippen LogP) is 1.21. The molecule has 1 aliphatic heterocycles. The van der Waals surface area contributed by atoms with Crippen LogP contribution >= 0.6 is 11.6 Å². The second kappa shape index (κ2) is 7.64. The second-order valence-corrected chi connectivity index (χ2v) is 5.71. The van der Waals surface area contributed by atoms with E-state index in [0.717, 1.165) is 12.1 Å². The molecular weight excluding hydrogens is 292 g/mol. The number of β-amino-alcohol motifs (C(OH)–C–C–N with tert-alkyl or cyclic N) is 1. The Hall–Kier alpha value is -1.30. The molecule has 1 aromatic rings. The van der Waals surface area contributed by atoms with E-state index in [4.69, 9.17) is 16.3 Å². The lowest BCUT2D eigenvalue weighted by Gasteiger charge is -2.22. The van der Waals surface area contributed by atoms with Crippen LogP contribution in [0.15, 0.2) is 18.2 Å². The van der Waals surface area contributed by atoms with Crippen molar-refractivity contribution in [2.24, 2.45) is 0 Å². The van der Waals surface area contributed by atoms with Crippen LogP contribution in [0.2, 0.25) is 5.02 Å². The number of hydrogen-bond acceptors (Lipinski definition) is 4. The first kappa shape index (κ1) is 16.1. The van der Waals surface area contributed by atoms with E-state index in [1.54, 1.807) is 6.07 Å². The monoisotopic (exact) mass is 312 g/mol. The number of hydrogen-bond donors (Lipinski definition) is 2. The van der Waals surface area contributed by atoms with Crippen molar-refractivity contribution in [1.29, 1.82) is 0 Å². The molecule has 0 radical (unpaired) electrons. The maximum atomic E-state index is 11.3. The van der Waals surface area contributed by atoms with Gasteiger partial charge in [0.2, 0.25) is 5.91 Å². The number of carbonyl (C=O) groups is 1. The van der Waals surface area contributed by atoms with E-state index in [9.17, 15) is 9.90 Å². The van der Waals surface area contributed by atoms with Gasteiger partial charge in [-0.2, -0.15) is 0 Å². The zero-order valence-corrected chi connectivity index (χ0v) is 12.9. The van der Waals surface area contributed by atoms with Crippen LogP contribution in [0.25, 0.3) is 0 Å². The number of nitrogens with one attached hydrogen (secondary N) is 1. The number of aliphatic hydroxyl groups excluding tert-OH is 1. The summed E-state index contributed by atoms with van der Waals surface area (Å²) in [6.45, 7) is 4.65. The molecular formula is C15H21ClN2O3. The van der Waals surface area contributed by atoms with Gasteiger partial charge in [0.05, 0.1) is 5.02 Å². The molecule has 0 unspecified atom stereocenters. The highest BCUT2D eigenvalue weighted by atomic mass is 35.5. The number of aliphatic hydroxyl groups is 1. The Labute approximate surface area is 129 Å². The van der Waals surface area contributed by atoms with Crippen LogP contribution in [0.5, 0.6) is 5.75 Å². The van der Waals surface area contributed by atoms with Crippen LogP contribution in [-0.2, 0) is 4.79 Å². The highest BCUT2D eigenvalue weighted by Gasteiger charge is 2.17. The van der Waals surface area contributed by atoms with Gasteiger partial charge in [0.15, 0.2) is 0 Å². The summed E-state index contributed by atoms with van der Waals surface area (Å²) in [5.74, 6) is 0.651. The molecule has 5 nitrogen and oxygen atoms in total. The molecule has 0 spiro atoms. The van der Waals surface area contributed by atoms with Gasteiger partial charge in [-0.05, 0) is 24.6 Å². The Bertz CT molecular complexity index is 496. The zero-order valence-electron chi connectivity index (χ0n) is 12.1. The van der Waals surface area contributed by atoms with Crippen molar-refractivity contribution in [2.75, 3.05) is 32.8 Å². The molecule has 1 heterocycles. The van der Waals surface area contributed by atoms with E-state index >= 15 is 0 Å². The van der Waals surface area contributed by atoms with Crippen LogP contribution in [0.4, 0.5) is 0 Å². The van der Waals surface area contributed by atoms with Gasteiger partial charge >= 0.3 is 0 Å². The summed E-state index contributed by atoms with van der Waals surface area (Å²) in [4.78, 5) is 13.3. The Morgan fingerprint density at radius 1 is 1.48 bits per heavy atom. The van der Waals surface area contributed by atoms with Gasteiger partial charge in [0, 0.05) is 32.6 Å². The van der Waals surface area contributed by atoms with Crippen LogP contribution in [0, 0.1) is 6.92 Å². The van der Waals surface area contributed by atoms with Crippen molar-refractivity contribution in [3.8, 4) is 5.75 Å². The summed E-state index contributed by atoms with van der Waals surface area (Å²) in [5.41, 5.74) is 1.06. The van der Waals surface area contributed by atoms with Gasteiger partial charge in [0.25, 0.3) is 0 Å². The highest BCUT2D eigenvalue weighted by molar-refractivity contribution is 6.32. The molecule has 116 valence electrons. The van der Waals surface area contributed by atoms with Gasteiger partial charge in [-0.3, -0.25) is 9.69 Å². The number of nitrogens with zero attached hydrogens (tertiary/aromatic N) is 1. The number of carbonyl (C=O) groups excluding carboxylic acids is 1. The first-order valence-corrected chi connectivity index (χ1v) is 7.48. The fourth-order valence-corrected chi connectivity index (χ4v) is 2.43. The molecule has 1 atom stereocenters. The third kappa shape index (κ3) is 5.19. The maximum Gasteiger partial charge on any atom is 0.221 e. The van der Waals surface area contributed by atoms with Gasteiger partial charge in [0.1, 0.15) is 18.5 Å². The smallest absolute Gasteiger partial charge is 0.221 e. The Morgan fingerprint density at radius 3 is 3.10 bits per heavy atom. The molecule has 1 aromatic carbocycles. The van der Waals surface area contributed by atoms with Crippen molar-refractivity contribution in [3.63, 3.8) is 0 Å². The lowest BCUT2D eigenvalue weighted by Crippen LogP contribution is -2.37. The minimum atomic E-state index is -0.616. The lowest BCUT2D eigenvalue weighted by atomic mass is 10.2. The zero-order chi connectivity index (χ0) is 15.2. The molecule has 1 amide bonds. The number of aryl methyl sites for hydroxylation is 1. The molecule has 6 heteroatoms. The molecule has 21 heavy (non-hydrogen) atoms. The molecule has 2 N–H and O–H groups in total. The fourth-order valence-electron chi connectivity index (χ4n) is 2.25. The molecule has 1 aliphatic rings. The third-order valence-electron chi connectivity index (χ3n) is 3.39.